The Morgan fingerprint density at radius 3 is 2.79 bits per heavy atom. The Morgan fingerprint density at radius 1 is 1.11 bits per heavy atom. The number of nitrogens with zero attached hydrogens (tertiary/aromatic N) is 1. The Labute approximate surface area is 112 Å². The van der Waals surface area contributed by atoms with Gasteiger partial charge in [0.05, 0.1) is 0 Å². The molecule has 2 aromatic heterocycles. The van der Waals surface area contributed by atoms with Gasteiger partial charge in [-0.25, -0.2) is 0 Å². The molecule has 0 saturated heterocycles. The molecule has 19 heavy (non-hydrogen) atoms. The molecule has 3 nitrogen and oxygen atoms in total. The number of fused-ring (bicyclic) bond motifs is 1. The lowest BCUT2D eigenvalue weighted by Gasteiger charge is -2.02. The first kappa shape index (κ1) is 11.9. The fraction of sp³-hybridized carbons (Fsp3) is 0.188. The molecule has 3 aromatic rings. The van der Waals surface area contributed by atoms with E-state index in [2.05, 4.69) is 40.3 Å². The van der Waals surface area contributed by atoms with Crippen molar-refractivity contribution in [2.24, 2.45) is 5.73 Å². The zero-order valence-electron chi connectivity index (χ0n) is 10.8. The molecule has 3 rings (SSSR count). The van der Waals surface area contributed by atoms with Gasteiger partial charge in [0.2, 0.25) is 0 Å². The Hall–Kier alpha value is -2.13. The number of rotatable bonds is 4. The van der Waals surface area contributed by atoms with Crippen LogP contribution in [0.15, 0.2) is 48.8 Å². The quantitative estimate of drug-likeness (QED) is 0.748. The van der Waals surface area contributed by atoms with E-state index < -0.39 is 0 Å². The highest BCUT2D eigenvalue weighted by Gasteiger charge is 2.05. The fourth-order valence-electron chi connectivity index (χ4n) is 2.33. The second-order valence-electron chi connectivity index (χ2n) is 4.68. The number of hydrogen-bond acceptors (Lipinski definition) is 2. The summed E-state index contributed by atoms with van der Waals surface area (Å²) in [6.07, 6.45) is 5.92. The van der Waals surface area contributed by atoms with Gasteiger partial charge in [-0.1, -0.05) is 24.3 Å². The van der Waals surface area contributed by atoms with Crippen molar-refractivity contribution in [3.63, 3.8) is 0 Å². The van der Waals surface area contributed by atoms with Gasteiger partial charge >= 0.3 is 0 Å². The number of nitrogens with two attached hydrogens (primary N) is 1. The Kier molecular flexibility index (Phi) is 3.29. The van der Waals surface area contributed by atoms with Crippen LogP contribution < -0.4 is 5.73 Å². The van der Waals surface area contributed by atoms with Crippen LogP contribution in [-0.2, 0) is 6.42 Å². The molecule has 0 unspecified atom stereocenters. The van der Waals surface area contributed by atoms with E-state index in [0.29, 0.717) is 6.54 Å². The molecule has 0 saturated carbocycles. The maximum atomic E-state index is 5.51. The van der Waals surface area contributed by atoms with Crippen LogP contribution in [0.3, 0.4) is 0 Å². The lowest BCUT2D eigenvalue weighted by atomic mass is 10.1. The highest BCUT2D eigenvalue weighted by Crippen LogP contribution is 2.27. The number of aromatic amines is 1. The predicted molar refractivity (Wildman–Crippen MR) is 78.9 cm³/mol. The molecule has 0 aliphatic rings. The van der Waals surface area contributed by atoms with Crippen LogP contribution in [0.25, 0.3) is 22.0 Å². The molecular weight excluding hydrogens is 234 g/mol. The minimum Gasteiger partial charge on any atom is -0.361 e. The average Bonchev–Trinajstić information content (AvgIpc) is 2.90. The molecular formula is C16H17N3. The zero-order valence-corrected chi connectivity index (χ0v) is 10.8. The number of pyridine rings is 1. The number of hydrogen-bond donors (Lipinski definition) is 2. The van der Waals surface area contributed by atoms with Crippen LogP contribution in [0, 0.1) is 0 Å². The largest absolute Gasteiger partial charge is 0.361 e. The minimum atomic E-state index is 0.714. The molecule has 0 aliphatic heterocycles. The van der Waals surface area contributed by atoms with E-state index in [-0.39, 0.29) is 0 Å². The molecule has 0 fully saturated rings. The first-order valence-corrected chi connectivity index (χ1v) is 6.60. The van der Waals surface area contributed by atoms with Crippen LogP contribution in [0.4, 0.5) is 0 Å². The second kappa shape index (κ2) is 5.24. The number of aryl methyl sites for hydroxylation is 1. The molecule has 0 radical (unpaired) electrons. The molecule has 3 heteroatoms. The van der Waals surface area contributed by atoms with Gasteiger partial charge in [0, 0.05) is 40.1 Å². The number of benzene rings is 1. The highest BCUT2D eigenvalue weighted by molar-refractivity contribution is 5.95. The summed E-state index contributed by atoms with van der Waals surface area (Å²) in [5, 5.41) is 1.24. The molecule has 0 bridgehead atoms. The summed E-state index contributed by atoms with van der Waals surface area (Å²) in [4.78, 5) is 7.80. The van der Waals surface area contributed by atoms with Gasteiger partial charge in [-0.05, 0) is 31.5 Å². The van der Waals surface area contributed by atoms with E-state index in [0.717, 1.165) is 29.6 Å². The number of para-hydroxylation sites is 1. The Balaban J connectivity index is 1.93. The van der Waals surface area contributed by atoms with Crippen molar-refractivity contribution in [3.8, 4) is 11.1 Å². The van der Waals surface area contributed by atoms with E-state index in [9.17, 15) is 0 Å². The number of nitrogens with one attached hydrogen (secondary N) is 1. The van der Waals surface area contributed by atoms with Crippen molar-refractivity contribution in [2.75, 3.05) is 6.54 Å². The molecule has 96 valence electrons. The van der Waals surface area contributed by atoms with E-state index in [1.165, 1.54) is 10.9 Å². The number of H-pyrrole nitrogens is 1. The summed E-state index contributed by atoms with van der Waals surface area (Å²) in [5.41, 5.74) is 10.1. The summed E-state index contributed by atoms with van der Waals surface area (Å²) in [5.74, 6) is 0. The highest BCUT2D eigenvalue weighted by atomic mass is 14.7. The second-order valence-corrected chi connectivity index (χ2v) is 4.68. The van der Waals surface area contributed by atoms with Gasteiger partial charge in [-0.15, -0.1) is 0 Å². The summed E-state index contributed by atoms with van der Waals surface area (Å²) in [7, 11) is 0. The van der Waals surface area contributed by atoms with Gasteiger partial charge in [-0.2, -0.15) is 0 Å². The van der Waals surface area contributed by atoms with E-state index in [1.807, 2.05) is 18.5 Å². The Morgan fingerprint density at radius 2 is 2.00 bits per heavy atom. The van der Waals surface area contributed by atoms with Gasteiger partial charge in [0.25, 0.3) is 0 Å². The van der Waals surface area contributed by atoms with Gasteiger partial charge in [-0.3, -0.25) is 4.98 Å². The lowest BCUT2D eigenvalue weighted by Crippen LogP contribution is -2.01. The SMILES string of the molecule is NCCCc1ccc(-c2c[nH]c3ccccc23)cn1. The molecule has 0 aliphatic carbocycles. The maximum Gasteiger partial charge on any atom is 0.0460 e. The summed E-state index contributed by atoms with van der Waals surface area (Å²) in [6.45, 7) is 0.714. The van der Waals surface area contributed by atoms with E-state index >= 15 is 0 Å². The normalized spacial score (nSPS) is 11.0. The smallest absolute Gasteiger partial charge is 0.0460 e. The summed E-state index contributed by atoms with van der Waals surface area (Å²) < 4.78 is 0. The third kappa shape index (κ3) is 2.37. The van der Waals surface area contributed by atoms with Crippen molar-refractivity contribution in [2.45, 2.75) is 12.8 Å². The molecule has 1 aromatic carbocycles. The van der Waals surface area contributed by atoms with E-state index in [1.54, 1.807) is 0 Å². The van der Waals surface area contributed by atoms with Crippen LogP contribution >= 0.6 is 0 Å². The monoisotopic (exact) mass is 251 g/mol. The summed E-state index contributed by atoms with van der Waals surface area (Å²) in [6, 6.07) is 12.5. The van der Waals surface area contributed by atoms with Crippen molar-refractivity contribution in [1.29, 1.82) is 0 Å². The van der Waals surface area contributed by atoms with Crippen molar-refractivity contribution >= 4 is 10.9 Å². The Bertz CT molecular complexity index is 668. The third-order valence-electron chi connectivity index (χ3n) is 3.36. The molecule has 0 spiro atoms. The molecule has 0 atom stereocenters. The van der Waals surface area contributed by atoms with Crippen LogP contribution in [0.2, 0.25) is 0 Å². The van der Waals surface area contributed by atoms with Crippen LogP contribution in [-0.4, -0.2) is 16.5 Å². The van der Waals surface area contributed by atoms with Crippen LogP contribution in [0.5, 0.6) is 0 Å². The van der Waals surface area contributed by atoms with Crippen LogP contribution in [0.1, 0.15) is 12.1 Å². The number of aromatic nitrogens is 2. The summed E-state index contributed by atoms with van der Waals surface area (Å²) >= 11 is 0. The molecule has 2 heterocycles. The average molecular weight is 251 g/mol. The van der Waals surface area contributed by atoms with Crippen molar-refractivity contribution < 1.29 is 0 Å². The predicted octanol–water partition coefficient (Wildman–Crippen LogP) is 3.12. The minimum absolute atomic E-state index is 0.714. The van der Waals surface area contributed by atoms with Gasteiger partial charge < -0.3 is 10.7 Å². The standard InChI is InChI=1S/C16H17N3/c17-9-3-4-13-8-7-12(10-18-13)15-11-19-16-6-2-1-5-14(15)16/h1-2,5-8,10-11,19H,3-4,9,17H2. The van der Waals surface area contributed by atoms with Gasteiger partial charge in [0.1, 0.15) is 0 Å². The maximum absolute atomic E-state index is 5.51. The zero-order chi connectivity index (χ0) is 13.1. The molecule has 0 amide bonds. The topological polar surface area (TPSA) is 54.7 Å². The fourth-order valence-corrected chi connectivity index (χ4v) is 2.33. The molecule has 3 N–H and O–H groups in total. The van der Waals surface area contributed by atoms with E-state index in [4.69, 9.17) is 5.73 Å². The lowest BCUT2D eigenvalue weighted by molar-refractivity contribution is 0.811. The third-order valence-corrected chi connectivity index (χ3v) is 3.36. The first-order chi connectivity index (χ1) is 9.38. The first-order valence-electron chi connectivity index (χ1n) is 6.60. The van der Waals surface area contributed by atoms with Crippen molar-refractivity contribution in [1.82, 2.24) is 9.97 Å². The van der Waals surface area contributed by atoms with Crippen molar-refractivity contribution in [3.05, 3.63) is 54.5 Å². The van der Waals surface area contributed by atoms with Gasteiger partial charge in [0.15, 0.2) is 0 Å².